The van der Waals surface area contributed by atoms with Gasteiger partial charge < -0.3 is 20.9 Å². The molecule has 8 heteroatoms. The van der Waals surface area contributed by atoms with Crippen LogP contribution in [0.2, 0.25) is 0 Å². The number of amides is 4. The molecule has 1 aliphatic heterocycles. The molecule has 1 fully saturated rings. The van der Waals surface area contributed by atoms with E-state index in [0.29, 0.717) is 35.6 Å². The second-order valence-electron chi connectivity index (χ2n) is 8.72. The lowest BCUT2D eigenvalue weighted by Gasteiger charge is -2.20. The van der Waals surface area contributed by atoms with Gasteiger partial charge in [-0.3, -0.25) is 19.2 Å². The molecule has 34 heavy (non-hydrogen) atoms. The van der Waals surface area contributed by atoms with Gasteiger partial charge in [0.15, 0.2) is 0 Å². The maximum atomic E-state index is 12.8. The molecule has 2 aromatic rings. The van der Waals surface area contributed by atoms with Gasteiger partial charge in [0.05, 0.1) is 17.2 Å². The normalized spacial score (nSPS) is 15.4. The summed E-state index contributed by atoms with van der Waals surface area (Å²) >= 11 is 0. The zero-order valence-corrected chi connectivity index (χ0v) is 19.9. The predicted octanol–water partition coefficient (Wildman–Crippen LogP) is 3.66. The topological polar surface area (TPSA) is 108 Å². The van der Waals surface area contributed by atoms with Crippen LogP contribution in [0.5, 0.6) is 0 Å². The first kappa shape index (κ1) is 25.0. The van der Waals surface area contributed by atoms with E-state index in [1.54, 1.807) is 53.4 Å². The molecule has 2 aromatic carbocycles. The Morgan fingerprint density at radius 2 is 1.71 bits per heavy atom. The summed E-state index contributed by atoms with van der Waals surface area (Å²) in [5.41, 5.74) is 1.77. The first-order chi connectivity index (χ1) is 16.3. The maximum Gasteiger partial charge on any atom is 0.255 e. The number of nitrogens with one attached hydrogen (secondary N) is 3. The highest BCUT2D eigenvalue weighted by Crippen LogP contribution is 2.22. The summed E-state index contributed by atoms with van der Waals surface area (Å²) in [7, 11) is 0. The second-order valence-corrected chi connectivity index (χ2v) is 8.72. The van der Waals surface area contributed by atoms with Crippen LogP contribution in [0.1, 0.15) is 60.7 Å². The first-order valence-corrected chi connectivity index (χ1v) is 11.7. The Morgan fingerprint density at radius 1 is 1.00 bits per heavy atom. The van der Waals surface area contributed by atoms with Crippen LogP contribution in [0.4, 0.5) is 11.4 Å². The van der Waals surface area contributed by atoms with E-state index in [0.717, 1.165) is 12.8 Å². The van der Waals surface area contributed by atoms with E-state index in [1.165, 1.54) is 0 Å². The van der Waals surface area contributed by atoms with Crippen molar-refractivity contribution in [3.8, 4) is 0 Å². The molecule has 0 aromatic heterocycles. The number of carbonyl (C=O) groups is 4. The van der Waals surface area contributed by atoms with E-state index >= 15 is 0 Å². The van der Waals surface area contributed by atoms with Gasteiger partial charge in [0.25, 0.3) is 11.8 Å². The number of anilines is 2. The summed E-state index contributed by atoms with van der Waals surface area (Å²) in [6.07, 6.45) is 2.07. The molecule has 1 atom stereocenters. The van der Waals surface area contributed by atoms with Crippen LogP contribution in [0.3, 0.4) is 0 Å². The fourth-order valence-corrected chi connectivity index (χ4v) is 3.81. The highest BCUT2D eigenvalue weighted by molar-refractivity contribution is 6.09. The smallest absolute Gasteiger partial charge is 0.255 e. The second kappa shape index (κ2) is 11.4. The van der Waals surface area contributed by atoms with Gasteiger partial charge in [-0.2, -0.15) is 0 Å². The lowest BCUT2D eigenvalue weighted by molar-refractivity contribution is -0.129. The third-order valence-corrected chi connectivity index (χ3v) is 5.80. The van der Waals surface area contributed by atoms with Crippen LogP contribution in [0.15, 0.2) is 48.5 Å². The van der Waals surface area contributed by atoms with Crippen molar-refractivity contribution in [2.45, 2.75) is 46.1 Å². The zero-order valence-electron chi connectivity index (χ0n) is 19.9. The van der Waals surface area contributed by atoms with Crippen molar-refractivity contribution in [2.75, 3.05) is 23.7 Å². The van der Waals surface area contributed by atoms with Crippen LogP contribution in [0, 0.1) is 5.92 Å². The molecular formula is C26H32N4O4. The van der Waals surface area contributed by atoms with Crippen molar-refractivity contribution >= 4 is 35.0 Å². The van der Waals surface area contributed by atoms with Gasteiger partial charge in [-0.25, -0.2) is 0 Å². The number of rotatable bonds is 9. The summed E-state index contributed by atoms with van der Waals surface area (Å²) in [6.45, 7) is 6.90. The van der Waals surface area contributed by atoms with Crippen LogP contribution in [0.25, 0.3) is 0 Å². The Bertz CT molecular complexity index is 1050. The molecule has 1 saturated heterocycles. The molecule has 4 amide bonds. The van der Waals surface area contributed by atoms with Gasteiger partial charge >= 0.3 is 0 Å². The number of para-hydroxylation sites is 1. The minimum absolute atomic E-state index is 0.0125. The third kappa shape index (κ3) is 6.21. The molecule has 0 aliphatic carbocycles. The molecule has 1 heterocycles. The number of likely N-dealkylation sites (tertiary alicyclic amines) is 1. The lowest BCUT2D eigenvalue weighted by Crippen LogP contribution is -2.33. The Labute approximate surface area is 200 Å². The Morgan fingerprint density at radius 3 is 2.35 bits per heavy atom. The van der Waals surface area contributed by atoms with Crippen molar-refractivity contribution in [3.05, 3.63) is 59.7 Å². The fourth-order valence-electron chi connectivity index (χ4n) is 3.81. The molecule has 0 bridgehead atoms. The van der Waals surface area contributed by atoms with Crippen LogP contribution >= 0.6 is 0 Å². The fraction of sp³-hybridized carbons (Fsp3) is 0.385. The Hall–Kier alpha value is -3.68. The number of hydrogen-bond donors (Lipinski definition) is 3. The quantitative estimate of drug-likeness (QED) is 0.492. The van der Waals surface area contributed by atoms with Gasteiger partial charge in [-0.1, -0.05) is 25.5 Å². The lowest BCUT2D eigenvalue weighted by atomic mass is 10.1. The molecule has 3 rings (SSSR count). The van der Waals surface area contributed by atoms with Gasteiger partial charge in [0.2, 0.25) is 11.8 Å². The zero-order chi connectivity index (χ0) is 24.7. The molecule has 0 radical (unpaired) electrons. The van der Waals surface area contributed by atoms with Gasteiger partial charge in [-0.05, 0) is 56.7 Å². The molecule has 0 saturated carbocycles. The molecule has 1 aliphatic rings. The van der Waals surface area contributed by atoms with E-state index in [9.17, 15) is 19.2 Å². The van der Waals surface area contributed by atoms with Gasteiger partial charge in [-0.15, -0.1) is 0 Å². The van der Waals surface area contributed by atoms with E-state index < -0.39 is 5.92 Å². The summed E-state index contributed by atoms with van der Waals surface area (Å²) in [5.74, 6) is -1.21. The molecule has 0 spiro atoms. The largest absolute Gasteiger partial charge is 0.352 e. The Balaban J connectivity index is 1.60. The molecule has 8 nitrogen and oxygen atoms in total. The van der Waals surface area contributed by atoms with Crippen molar-refractivity contribution in [1.29, 1.82) is 0 Å². The third-order valence-electron chi connectivity index (χ3n) is 5.80. The number of benzene rings is 2. The highest BCUT2D eigenvalue weighted by atomic mass is 16.2. The monoisotopic (exact) mass is 464 g/mol. The maximum absolute atomic E-state index is 12.8. The minimum atomic E-state index is -0.391. The van der Waals surface area contributed by atoms with Crippen LogP contribution < -0.4 is 16.0 Å². The van der Waals surface area contributed by atoms with Crippen LogP contribution in [-0.2, 0) is 9.59 Å². The molecule has 3 N–H and O–H groups in total. The van der Waals surface area contributed by atoms with E-state index in [2.05, 4.69) is 16.0 Å². The molecule has 180 valence electrons. The predicted molar refractivity (Wildman–Crippen MR) is 132 cm³/mol. The van der Waals surface area contributed by atoms with E-state index in [-0.39, 0.29) is 36.1 Å². The van der Waals surface area contributed by atoms with Crippen molar-refractivity contribution in [2.24, 2.45) is 5.92 Å². The Kier molecular flexibility index (Phi) is 8.40. The SMILES string of the molecule is CCCCNC(=O)c1ccccc1NC(=O)c1ccc(NC(=O)C2CC(=O)N(C(C)C)C2)cc1. The standard InChI is InChI=1S/C26H32N4O4/c1-4-5-14-27-26(34)21-8-6-7-9-22(21)29-24(32)18-10-12-20(13-11-18)28-25(33)19-15-23(31)30(16-19)17(2)3/h6-13,17,19H,4-5,14-16H2,1-3H3,(H,27,34)(H,28,33)(H,29,32). The number of carbonyl (C=O) groups excluding carboxylic acids is 4. The van der Waals surface area contributed by atoms with E-state index in [1.807, 2.05) is 20.8 Å². The highest BCUT2D eigenvalue weighted by Gasteiger charge is 2.35. The van der Waals surface area contributed by atoms with Crippen molar-refractivity contribution in [1.82, 2.24) is 10.2 Å². The summed E-state index contributed by atoms with van der Waals surface area (Å²) in [6, 6.07) is 13.4. The summed E-state index contributed by atoms with van der Waals surface area (Å²) < 4.78 is 0. The number of unbranched alkanes of at least 4 members (excludes halogenated alkanes) is 1. The number of hydrogen-bond acceptors (Lipinski definition) is 4. The van der Waals surface area contributed by atoms with E-state index in [4.69, 9.17) is 0 Å². The average molecular weight is 465 g/mol. The van der Waals surface area contributed by atoms with Gasteiger partial charge in [0.1, 0.15) is 0 Å². The van der Waals surface area contributed by atoms with Gasteiger partial charge in [0, 0.05) is 36.8 Å². The van der Waals surface area contributed by atoms with Crippen molar-refractivity contribution < 1.29 is 19.2 Å². The minimum Gasteiger partial charge on any atom is -0.352 e. The summed E-state index contributed by atoms with van der Waals surface area (Å²) in [4.78, 5) is 51.6. The average Bonchev–Trinajstić information content (AvgIpc) is 3.22. The van der Waals surface area contributed by atoms with Crippen LogP contribution in [-0.4, -0.2) is 47.7 Å². The molecule has 1 unspecified atom stereocenters. The van der Waals surface area contributed by atoms with Crippen molar-refractivity contribution in [3.63, 3.8) is 0 Å². The summed E-state index contributed by atoms with van der Waals surface area (Å²) in [5, 5.41) is 8.48. The molecular weight excluding hydrogens is 432 g/mol. The number of nitrogens with zero attached hydrogens (tertiary/aromatic N) is 1. The first-order valence-electron chi connectivity index (χ1n) is 11.7.